The molecule has 3 nitrogen and oxygen atoms in total. The van der Waals surface area contributed by atoms with Crippen LogP contribution in [0.4, 0.5) is 4.39 Å². The molecule has 1 aliphatic rings. The van der Waals surface area contributed by atoms with Crippen molar-refractivity contribution in [2.75, 3.05) is 39.8 Å². The summed E-state index contributed by atoms with van der Waals surface area (Å²) < 4.78 is 13.3. The first-order valence-corrected chi connectivity index (χ1v) is 6.98. The van der Waals surface area contributed by atoms with Gasteiger partial charge in [0.1, 0.15) is 5.82 Å². The highest BCUT2D eigenvalue weighted by Crippen LogP contribution is 2.14. The lowest BCUT2D eigenvalue weighted by Crippen LogP contribution is -2.43. The predicted molar refractivity (Wildman–Crippen MR) is 77.8 cm³/mol. The lowest BCUT2D eigenvalue weighted by Gasteiger charge is -2.32. The number of piperazine rings is 1. The van der Waals surface area contributed by atoms with Gasteiger partial charge in [-0.25, -0.2) is 4.39 Å². The standard InChI is InChI=1S/C16H21FN2O/c1-18-7-9-19(10-8-18)13-15-5-6-16(17)12-14(15)4-2-3-11-20/h5-6,12,20H,3,7-11,13H2,1H3. The molecule has 1 N–H and O–H groups in total. The summed E-state index contributed by atoms with van der Waals surface area (Å²) in [6.45, 7) is 5.02. The van der Waals surface area contributed by atoms with Crippen LogP contribution in [0.2, 0.25) is 0 Å². The molecule has 0 amide bonds. The summed E-state index contributed by atoms with van der Waals surface area (Å²) in [6.07, 6.45) is 0.421. The third-order valence-corrected chi connectivity index (χ3v) is 3.52. The molecule has 1 aliphatic heterocycles. The molecule has 0 atom stereocenters. The van der Waals surface area contributed by atoms with Gasteiger partial charge in [0.05, 0.1) is 6.61 Å². The second kappa shape index (κ2) is 7.39. The van der Waals surface area contributed by atoms with E-state index in [0.29, 0.717) is 6.42 Å². The second-order valence-electron chi connectivity index (χ2n) is 5.16. The maximum atomic E-state index is 13.3. The Morgan fingerprint density at radius 2 is 2.00 bits per heavy atom. The Kier molecular flexibility index (Phi) is 5.54. The van der Waals surface area contributed by atoms with Crippen molar-refractivity contribution in [3.8, 4) is 11.8 Å². The zero-order valence-electron chi connectivity index (χ0n) is 11.9. The molecule has 1 fully saturated rings. The van der Waals surface area contributed by atoms with Gasteiger partial charge in [-0.2, -0.15) is 0 Å². The summed E-state index contributed by atoms with van der Waals surface area (Å²) >= 11 is 0. The highest BCUT2D eigenvalue weighted by molar-refractivity contribution is 5.41. The molecule has 20 heavy (non-hydrogen) atoms. The Morgan fingerprint density at radius 3 is 2.70 bits per heavy atom. The molecule has 0 saturated carbocycles. The van der Waals surface area contributed by atoms with Gasteiger partial charge in [-0.3, -0.25) is 4.90 Å². The van der Waals surface area contributed by atoms with E-state index in [1.54, 1.807) is 0 Å². The Hall–Kier alpha value is -1.41. The van der Waals surface area contributed by atoms with Gasteiger partial charge in [-0.15, -0.1) is 0 Å². The van der Waals surface area contributed by atoms with Gasteiger partial charge in [-0.1, -0.05) is 17.9 Å². The van der Waals surface area contributed by atoms with Gasteiger partial charge < -0.3 is 10.0 Å². The zero-order valence-corrected chi connectivity index (χ0v) is 11.9. The summed E-state index contributed by atoms with van der Waals surface area (Å²) in [5.74, 6) is 5.57. The zero-order chi connectivity index (χ0) is 14.4. The number of nitrogens with zero attached hydrogens (tertiary/aromatic N) is 2. The van der Waals surface area contributed by atoms with Crippen LogP contribution in [0.25, 0.3) is 0 Å². The molecule has 2 rings (SSSR count). The van der Waals surface area contributed by atoms with Gasteiger partial charge in [0.25, 0.3) is 0 Å². The highest BCUT2D eigenvalue weighted by atomic mass is 19.1. The first-order valence-electron chi connectivity index (χ1n) is 6.98. The van der Waals surface area contributed by atoms with Crippen molar-refractivity contribution in [1.29, 1.82) is 0 Å². The molecule has 108 valence electrons. The SMILES string of the molecule is CN1CCN(Cc2ccc(F)cc2C#CCCO)CC1. The van der Waals surface area contributed by atoms with Crippen molar-refractivity contribution in [2.24, 2.45) is 0 Å². The van der Waals surface area contributed by atoms with Crippen molar-refractivity contribution < 1.29 is 9.50 Å². The van der Waals surface area contributed by atoms with Crippen molar-refractivity contribution in [3.05, 3.63) is 35.1 Å². The monoisotopic (exact) mass is 276 g/mol. The third-order valence-electron chi connectivity index (χ3n) is 3.52. The number of likely N-dealkylation sites (N-methyl/N-ethyl adjacent to an activating group) is 1. The smallest absolute Gasteiger partial charge is 0.124 e. The molecule has 0 spiro atoms. The molecule has 1 aromatic rings. The molecule has 1 saturated heterocycles. The minimum atomic E-state index is -0.263. The normalized spacial score (nSPS) is 16.8. The van der Waals surface area contributed by atoms with Crippen LogP contribution in [0.3, 0.4) is 0 Å². The van der Waals surface area contributed by atoms with Crippen LogP contribution < -0.4 is 0 Å². The van der Waals surface area contributed by atoms with Crippen molar-refractivity contribution in [2.45, 2.75) is 13.0 Å². The van der Waals surface area contributed by atoms with Gasteiger partial charge in [0.2, 0.25) is 0 Å². The van der Waals surface area contributed by atoms with E-state index in [9.17, 15) is 4.39 Å². The largest absolute Gasteiger partial charge is 0.395 e. The van der Waals surface area contributed by atoms with Crippen molar-refractivity contribution >= 4 is 0 Å². The highest BCUT2D eigenvalue weighted by Gasteiger charge is 2.15. The lowest BCUT2D eigenvalue weighted by molar-refractivity contribution is 0.148. The van der Waals surface area contributed by atoms with E-state index in [2.05, 4.69) is 28.7 Å². The second-order valence-corrected chi connectivity index (χ2v) is 5.16. The Bertz CT molecular complexity index is 499. The fraction of sp³-hybridized carbons (Fsp3) is 0.500. The lowest BCUT2D eigenvalue weighted by atomic mass is 10.1. The van der Waals surface area contributed by atoms with E-state index < -0.39 is 0 Å². The molecule has 1 heterocycles. The number of rotatable bonds is 3. The Morgan fingerprint density at radius 1 is 1.25 bits per heavy atom. The number of benzene rings is 1. The van der Waals surface area contributed by atoms with E-state index >= 15 is 0 Å². The molecule has 0 unspecified atom stereocenters. The van der Waals surface area contributed by atoms with Gasteiger partial charge in [0, 0.05) is 44.7 Å². The molecule has 0 bridgehead atoms. The minimum Gasteiger partial charge on any atom is -0.395 e. The molecular formula is C16H21FN2O. The minimum absolute atomic E-state index is 0.0378. The van der Waals surface area contributed by atoms with Crippen LogP contribution in [0, 0.1) is 17.7 Å². The first kappa shape index (κ1) is 15.0. The number of hydrogen-bond donors (Lipinski definition) is 1. The third kappa shape index (κ3) is 4.31. The van der Waals surface area contributed by atoms with E-state index in [1.165, 1.54) is 12.1 Å². The molecule has 1 aromatic carbocycles. The Balaban J connectivity index is 2.08. The maximum Gasteiger partial charge on any atom is 0.124 e. The molecule has 4 heteroatoms. The number of aliphatic hydroxyl groups excluding tert-OH is 1. The summed E-state index contributed by atoms with van der Waals surface area (Å²) in [5, 5.41) is 8.76. The summed E-state index contributed by atoms with van der Waals surface area (Å²) in [6, 6.07) is 4.79. The average Bonchev–Trinajstić information content (AvgIpc) is 2.44. The van der Waals surface area contributed by atoms with Crippen LogP contribution in [0.5, 0.6) is 0 Å². The molecule has 0 aliphatic carbocycles. The van der Waals surface area contributed by atoms with Crippen LogP contribution in [0.1, 0.15) is 17.5 Å². The summed E-state index contributed by atoms with van der Waals surface area (Å²) in [7, 11) is 2.13. The summed E-state index contributed by atoms with van der Waals surface area (Å²) in [4.78, 5) is 4.67. The molecule has 0 aromatic heterocycles. The van der Waals surface area contributed by atoms with Crippen LogP contribution in [-0.2, 0) is 6.54 Å². The van der Waals surface area contributed by atoms with Gasteiger partial charge in [0.15, 0.2) is 0 Å². The van der Waals surface area contributed by atoms with Crippen LogP contribution >= 0.6 is 0 Å². The van der Waals surface area contributed by atoms with E-state index in [4.69, 9.17) is 5.11 Å². The van der Waals surface area contributed by atoms with E-state index in [1.807, 2.05) is 6.07 Å². The first-order chi connectivity index (χ1) is 9.69. The number of hydrogen-bond acceptors (Lipinski definition) is 3. The average molecular weight is 276 g/mol. The van der Waals surface area contributed by atoms with Gasteiger partial charge in [-0.05, 0) is 24.7 Å². The molecule has 0 radical (unpaired) electrons. The Labute approximate surface area is 120 Å². The van der Waals surface area contributed by atoms with Crippen molar-refractivity contribution in [3.63, 3.8) is 0 Å². The molecular weight excluding hydrogens is 255 g/mol. The van der Waals surface area contributed by atoms with Crippen molar-refractivity contribution in [1.82, 2.24) is 9.80 Å². The number of aliphatic hydroxyl groups is 1. The van der Waals surface area contributed by atoms with E-state index in [0.717, 1.165) is 43.9 Å². The summed E-state index contributed by atoms with van der Waals surface area (Å²) in [5.41, 5.74) is 1.79. The maximum absolute atomic E-state index is 13.3. The predicted octanol–water partition coefficient (Wildman–Crippen LogP) is 1.31. The van der Waals surface area contributed by atoms with E-state index in [-0.39, 0.29) is 12.4 Å². The van der Waals surface area contributed by atoms with Crippen LogP contribution in [-0.4, -0.2) is 54.7 Å². The fourth-order valence-electron chi connectivity index (χ4n) is 2.26. The number of halogens is 1. The van der Waals surface area contributed by atoms with Gasteiger partial charge >= 0.3 is 0 Å². The van der Waals surface area contributed by atoms with Crippen LogP contribution in [0.15, 0.2) is 18.2 Å². The topological polar surface area (TPSA) is 26.7 Å². The quantitative estimate of drug-likeness (QED) is 0.843. The fourth-order valence-corrected chi connectivity index (χ4v) is 2.26.